The van der Waals surface area contributed by atoms with Gasteiger partial charge in [-0.05, 0) is 38.6 Å². The van der Waals surface area contributed by atoms with Gasteiger partial charge in [0.25, 0.3) is 0 Å². The first-order valence-corrected chi connectivity index (χ1v) is 9.24. The molecule has 0 atom stereocenters. The third-order valence-corrected chi connectivity index (χ3v) is 5.50. The normalized spacial score (nSPS) is 22.2. The van der Waals surface area contributed by atoms with Crippen molar-refractivity contribution in [3.63, 3.8) is 0 Å². The quantitative estimate of drug-likeness (QED) is 0.808. The van der Waals surface area contributed by atoms with Crippen molar-refractivity contribution in [1.29, 1.82) is 0 Å². The fourth-order valence-electron chi connectivity index (χ4n) is 4.04. The summed E-state index contributed by atoms with van der Waals surface area (Å²) in [6, 6.07) is 0. The minimum Gasteiger partial charge on any atom is -0.335 e. The predicted octanol–water partition coefficient (Wildman–Crippen LogP) is 2.78. The molecule has 1 saturated carbocycles. The van der Waals surface area contributed by atoms with Crippen LogP contribution in [0.25, 0.3) is 0 Å². The van der Waals surface area contributed by atoms with Gasteiger partial charge in [-0.15, -0.1) is 0 Å². The summed E-state index contributed by atoms with van der Waals surface area (Å²) in [5, 5.41) is 0. The van der Waals surface area contributed by atoms with Crippen LogP contribution in [0.5, 0.6) is 0 Å². The highest BCUT2D eigenvalue weighted by Gasteiger charge is 2.21. The zero-order chi connectivity index (χ0) is 15.2. The molecule has 1 aliphatic carbocycles. The second-order valence-electron chi connectivity index (χ2n) is 7.17. The van der Waals surface area contributed by atoms with Crippen LogP contribution < -0.4 is 0 Å². The van der Waals surface area contributed by atoms with Gasteiger partial charge in [0, 0.05) is 51.7 Å². The van der Waals surface area contributed by atoms with Crippen molar-refractivity contribution < 1.29 is 0 Å². The number of hydrogen-bond donors (Lipinski definition) is 0. The van der Waals surface area contributed by atoms with E-state index in [-0.39, 0.29) is 0 Å². The molecule has 4 nitrogen and oxygen atoms in total. The Kier molecular flexibility index (Phi) is 5.90. The van der Waals surface area contributed by atoms with Crippen LogP contribution in [-0.4, -0.2) is 58.6 Å². The van der Waals surface area contributed by atoms with Crippen molar-refractivity contribution in [3.8, 4) is 0 Å². The van der Waals surface area contributed by atoms with Crippen molar-refractivity contribution in [2.45, 2.75) is 52.0 Å². The molecule has 22 heavy (non-hydrogen) atoms. The van der Waals surface area contributed by atoms with E-state index in [1.165, 1.54) is 77.8 Å². The van der Waals surface area contributed by atoms with Crippen LogP contribution in [0.15, 0.2) is 12.4 Å². The Hall–Kier alpha value is -0.870. The molecule has 2 aliphatic rings. The van der Waals surface area contributed by atoms with E-state index in [2.05, 4.69) is 32.5 Å². The molecule has 0 spiro atoms. The lowest BCUT2D eigenvalue weighted by atomic mass is 9.89. The zero-order valence-electron chi connectivity index (χ0n) is 14.2. The average Bonchev–Trinajstić information content (AvgIpc) is 2.95. The van der Waals surface area contributed by atoms with Crippen LogP contribution in [0, 0.1) is 12.8 Å². The molecule has 1 aromatic rings. The molecule has 2 fully saturated rings. The Labute approximate surface area is 135 Å². The number of aromatic nitrogens is 2. The second kappa shape index (κ2) is 8.11. The molecule has 0 radical (unpaired) electrons. The fraction of sp³-hybridized carbons (Fsp3) is 0.833. The van der Waals surface area contributed by atoms with Gasteiger partial charge >= 0.3 is 0 Å². The summed E-state index contributed by atoms with van der Waals surface area (Å²) in [5.41, 5.74) is 0. The number of piperazine rings is 1. The van der Waals surface area contributed by atoms with E-state index < -0.39 is 0 Å². The highest BCUT2D eigenvalue weighted by atomic mass is 15.3. The maximum atomic E-state index is 4.29. The van der Waals surface area contributed by atoms with Crippen molar-refractivity contribution in [1.82, 2.24) is 19.4 Å². The van der Waals surface area contributed by atoms with Gasteiger partial charge < -0.3 is 14.4 Å². The first-order chi connectivity index (χ1) is 10.8. The summed E-state index contributed by atoms with van der Waals surface area (Å²) < 4.78 is 2.26. The summed E-state index contributed by atoms with van der Waals surface area (Å²) in [5.74, 6) is 2.13. The molecule has 0 unspecified atom stereocenters. The average molecular weight is 304 g/mol. The van der Waals surface area contributed by atoms with Gasteiger partial charge in [-0.3, -0.25) is 0 Å². The number of imidazole rings is 1. The lowest BCUT2D eigenvalue weighted by Crippen LogP contribution is -2.48. The molecule has 3 rings (SSSR count). The maximum Gasteiger partial charge on any atom is 0.105 e. The highest BCUT2D eigenvalue weighted by molar-refractivity contribution is 4.88. The van der Waals surface area contributed by atoms with Crippen LogP contribution in [-0.2, 0) is 6.54 Å². The van der Waals surface area contributed by atoms with Crippen molar-refractivity contribution in [2.75, 3.05) is 39.3 Å². The fourth-order valence-corrected chi connectivity index (χ4v) is 4.04. The Morgan fingerprint density at radius 3 is 2.41 bits per heavy atom. The topological polar surface area (TPSA) is 24.3 Å². The molecule has 0 amide bonds. The Balaban J connectivity index is 1.31. The summed E-state index contributed by atoms with van der Waals surface area (Å²) in [7, 11) is 0. The van der Waals surface area contributed by atoms with Crippen molar-refractivity contribution in [3.05, 3.63) is 18.2 Å². The van der Waals surface area contributed by atoms with Crippen molar-refractivity contribution in [2.24, 2.45) is 5.92 Å². The van der Waals surface area contributed by atoms with E-state index >= 15 is 0 Å². The van der Waals surface area contributed by atoms with Crippen LogP contribution in [0.1, 0.15) is 44.3 Å². The summed E-state index contributed by atoms with van der Waals surface area (Å²) in [6.45, 7) is 10.9. The molecule has 0 N–H and O–H groups in total. The number of nitrogens with zero attached hydrogens (tertiary/aromatic N) is 4. The van der Waals surface area contributed by atoms with E-state index in [4.69, 9.17) is 0 Å². The summed E-state index contributed by atoms with van der Waals surface area (Å²) in [4.78, 5) is 9.65. The molecule has 0 aromatic carbocycles. The molecule has 4 heteroatoms. The molecule has 2 heterocycles. The number of hydrogen-bond acceptors (Lipinski definition) is 3. The predicted molar refractivity (Wildman–Crippen MR) is 91.0 cm³/mol. The van der Waals surface area contributed by atoms with Crippen molar-refractivity contribution >= 4 is 0 Å². The Morgan fingerprint density at radius 1 is 1.00 bits per heavy atom. The number of rotatable bonds is 6. The maximum absolute atomic E-state index is 4.29. The van der Waals surface area contributed by atoms with Crippen LogP contribution in [0.4, 0.5) is 0 Å². The number of aryl methyl sites for hydroxylation is 2. The van der Waals surface area contributed by atoms with Crippen LogP contribution in [0.2, 0.25) is 0 Å². The SMILES string of the molecule is Cc1nccn1CCCN1CCN(CC2CCCCC2)CC1. The Morgan fingerprint density at radius 2 is 1.73 bits per heavy atom. The van der Waals surface area contributed by atoms with Gasteiger partial charge in [0.2, 0.25) is 0 Å². The van der Waals surface area contributed by atoms with Gasteiger partial charge in [0.15, 0.2) is 0 Å². The molecule has 1 saturated heterocycles. The van der Waals surface area contributed by atoms with Crippen LogP contribution >= 0.6 is 0 Å². The zero-order valence-corrected chi connectivity index (χ0v) is 14.2. The lowest BCUT2D eigenvalue weighted by Gasteiger charge is -2.37. The van der Waals surface area contributed by atoms with Gasteiger partial charge in [-0.2, -0.15) is 0 Å². The molecule has 124 valence electrons. The largest absolute Gasteiger partial charge is 0.335 e. The Bertz CT molecular complexity index is 428. The summed E-state index contributed by atoms with van der Waals surface area (Å²) in [6.07, 6.45) is 12.6. The van der Waals surface area contributed by atoms with E-state index in [9.17, 15) is 0 Å². The molecule has 1 aromatic heterocycles. The highest BCUT2D eigenvalue weighted by Crippen LogP contribution is 2.24. The smallest absolute Gasteiger partial charge is 0.105 e. The van der Waals surface area contributed by atoms with E-state index in [0.717, 1.165) is 18.3 Å². The van der Waals surface area contributed by atoms with Gasteiger partial charge in [0.05, 0.1) is 0 Å². The van der Waals surface area contributed by atoms with E-state index in [0.29, 0.717) is 0 Å². The van der Waals surface area contributed by atoms with Gasteiger partial charge in [0.1, 0.15) is 5.82 Å². The lowest BCUT2D eigenvalue weighted by molar-refractivity contribution is 0.108. The molecule has 0 bridgehead atoms. The minimum absolute atomic E-state index is 0.990. The first kappa shape index (κ1) is 16.0. The van der Waals surface area contributed by atoms with Gasteiger partial charge in [-0.25, -0.2) is 4.98 Å². The standard InChI is InChI=1S/C18H32N4/c1-17-19-8-11-22(17)10-5-9-20-12-14-21(15-13-20)16-18-6-3-2-4-7-18/h8,11,18H,2-7,9-10,12-16H2,1H3. The summed E-state index contributed by atoms with van der Waals surface area (Å²) >= 11 is 0. The van der Waals surface area contributed by atoms with E-state index in [1.807, 2.05) is 6.20 Å². The molecular weight excluding hydrogens is 272 g/mol. The molecular formula is C18H32N4. The third-order valence-electron chi connectivity index (χ3n) is 5.50. The van der Waals surface area contributed by atoms with Crippen LogP contribution in [0.3, 0.4) is 0 Å². The monoisotopic (exact) mass is 304 g/mol. The first-order valence-electron chi connectivity index (χ1n) is 9.24. The van der Waals surface area contributed by atoms with Gasteiger partial charge in [-0.1, -0.05) is 19.3 Å². The molecule has 1 aliphatic heterocycles. The van der Waals surface area contributed by atoms with E-state index in [1.54, 1.807) is 0 Å². The third kappa shape index (κ3) is 4.56. The second-order valence-corrected chi connectivity index (χ2v) is 7.17. The minimum atomic E-state index is 0.990.